The highest BCUT2D eigenvalue weighted by Crippen LogP contribution is 2.49. The van der Waals surface area contributed by atoms with E-state index in [1.165, 1.54) is 23.5 Å². The lowest BCUT2D eigenvalue weighted by molar-refractivity contribution is 0.0178. The molecule has 1 aromatic heterocycles. The van der Waals surface area contributed by atoms with Gasteiger partial charge in [0.15, 0.2) is 5.75 Å². The molecule has 4 aromatic rings. The Balaban J connectivity index is 1.39. The summed E-state index contributed by atoms with van der Waals surface area (Å²) < 4.78 is 68.8. The molecule has 1 aliphatic rings. The molecule has 0 bridgehead atoms. The number of hydrogen-bond donors (Lipinski definition) is 0. The molecule has 2 heterocycles. The van der Waals surface area contributed by atoms with Gasteiger partial charge in [-0.15, -0.1) is 11.3 Å². The Hall–Kier alpha value is -3.10. The first-order valence-corrected chi connectivity index (χ1v) is 13.4. The molecule has 38 heavy (non-hydrogen) atoms. The van der Waals surface area contributed by atoms with E-state index in [0.29, 0.717) is 28.7 Å². The molecular weight excluding hydrogens is 514 g/mol. The van der Waals surface area contributed by atoms with Crippen molar-refractivity contribution in [2.45, 2.75) is 26.2 Å². The number of aryl methyl sites for hydroxylation is 1. The number of alkyl halides is 3. The SMILES string of the molecule is Cc1ccc2c(Oc3ccc(OCCN4CCC(CF)C4)cc3)c(-c3ccc(F)cc3C(C)(F)F)sc2c1. The number of nitrogens with zero attached hydrogens (tertiary/aromatic N) is 1. The highest BCUT2D eigenvalue weighted by atomic mass is 32.1. The Labute approximate surface area is 223 Å². The topological polar surface area (TPSA) is 21.7 Å². The molecule has 0 saturated carbocycles. The van der Waals surface area contributed by atoms with E-state index in [9.17, 15) is 17.6 Å². The Kier molecular flexibility index (Phi) is 7.63. The molecule has 200 valence electrons. The molecule has 8 heteroatoms. The average molecular weight is 544 g/mol. The molecule has 1 saturated heterocycles. The van der Waals surface area contributed by atoms with Crippen LogP contribution >= 0.6 is 11.3 Å². The van der Waals surface area contributed by atoms with E-state index in [1.54, 1.807) is 24.3 Å². The summed E-state index contributed by atoms with van der Waals surface area (Å²) in [5.41, 5.74) is 0.891. The maximum absolute atomic E-state index is 14.5. The van der Waals surface area contributed by atoms with Gasteiger partial charge in [-0.2, -0.15) is 0 Å². The predicted octanol–water partition coefficient (Wildman–Crippen LogP) is 8.59. The van der Waals surface area contributed by atoms with Crippen LogP contribution in [0.1, 0.15) is 24.5 Å². The summed E-state index contributed by atoms with van der Waals surface area (Å²) in [6, 6.07) is 16.4. The molecule has 3 aromatic carbocycles. The van der Waals surface area contributed by atoms with Crippen molar-refractivity contribution in [3.8, 4) is 27.7 Å². The fraction of sp³-hybridized carbons (Fsp3) is 0.333. The van der Waals surface area contributed by atoms with Gasteiger partial charge in [-0.25, -0.2) is 13.2 Å². The zero-order valence-electron chi connectivity index (χ0n) is 21.3. The molecule has 1 fully saturated rings. The van der Waals surface area contributed by atoms with Crippen molar-refractivity contribution in [3.63, 3.8) is 0 Å². The van der Waals surface area contributed by atoms with E-state index in [2.05, 4.69) is 4.90 Å². The zero-order chi connectivity index (χ0) is 26.9. The Morgan fingerprint density at radius 3 is 2.50 bits per heavy atom. The second-order valence-corrected chi connectivity index (χ2v) is 10.9. The van der Waals surface area contributed by atoms with E-state index >= 15 is 0 Å². The molecule has 1 unspecified atom stereocenters. The Morgan fingerprint density at radius 1 is 1.03 bits per heavy atom. The van der Waals surface area contributed by atoms with Crippen LogP contribution in [0.15, 0.2) is 60.7 Å². The highest BCUT2D eigenvalue weighted by molar-refractivity contribution is 7.22. The summed E-state index contributed by atoms with van der Waals surface area (Å²) in [6.45, 7) is 5.35. The van der Waals surface area contributed by atoms with E-state index < -0.39 is 11.7 Å². The summed E-state index contributed by atoms with van der Waals surface area (Å²) in [5, 5.41) is 0.794. The number of ether oxygens (including phenoxy) is 2. The summed E-state index contributed by atoms with van der Waals surface area (Å²) in [6.07, 6.45) is 0.886. The molecule has 0 aliphatic carbocycles. The molecule has 1 atom stereocenters. The van der Waals surface area contributed by atoms with Gasteiger partial charge in [0.05, 0.1) is 11.6 Å². The number of fused-ring (bicyclic) bond motifs is 1. The fourth-order valence-corrected chi connectivity index (χ4v) is 6.06. The van der Waals surface area contributed by atoms with Gasteiger partial charge in [-0.1, -0.05) is 12.1 Å². The fourth-order valence-electron chi connectivity index (χ4n) is 4.79. The third-order valence-electron chi connectivity index (χ3n) is 6.81. The van der Waals surface area contributed by atoms with Crippen LogP contribution in [0.25, 0.3) is 20.5 Å². The van der Waals surface area contributed by atoms with E-state index in [1.807, 2.05) is 25.1 Å². The first-order valence-electron chi connectivity index (χ1n) is 12.6. The number of hydrogen-bond acceptors (Lipinski definition) is 4. The monoisotopic (exact) mass is 543 g/mol. The smallest absolute Gasteiger partial charge is 0.271 e. The van der Waals surface area contributed by atoms with Gasteiger partial charge in [-0.3, -0.25) is 9.29 Å². The van der Waals surface area contributed by atoms with Crippen molar-refractivity contribution in [1.82, 2.24) is 4.90 Å². The summed E-state index contributed by atoms with van der Waals surface area (Å²) in [5.74, 6) is -2.17. The predicted molar refractivity (Wildman–Crippen MR) is 144 cm³/mol. The van der Waals surface area contributed by atoms with Crippen LogP contribution in [0.4, 0.5) is 17.6 Å². The molecule has 0 amide bonds. The molecule has 0 N–H and O–H groups in total. The molecule has 0 spiro atoms. The summed E-state index contributed by atoms with van der Waals surface area (Å²) in [4.78, 5) is 2.72. The Bertz CT molecular complexity index is 1410. The standard InChI is InChI=1S/C30H29F4NO2S/c1-19-3-9-25-27(15-19)38-29(24-10-4-21(32)16-26(24)30(2,33)34)28(25)37-23-7-5-22(6-8-23)36-14-13-35-12-11-20(17-31)18-35/h3-10,15-16,20H,11-14,17-18H2,1-2H3. The molecular formula is C30H29F4NO2S. The quantitative estimate of drug-likeness (QED) is 0.197. The van der Waals surface area contributed by atoms with Crippen LogP contribution in [0.3, 0.4) is 0 Å². The molecule has 1 aliphatic heterocycles. The van der Waals surface area contributed by atoms with Crippen molar-refractivity contribution in [3.05, 3.63) is 77.6 Å². The number of thiophene rings is 1. The maximum Gasteiger partial charge on any atom is 0.271 e. The first kappa shape index (κ1) is 26.5. The van der Waals surface area contributed by atoms with Gasteiger partial charge in [0.2, 0.25) is 0 Å². The third kappa shape index (κ3) is 5.81. The van der Waals surface area contributed by atoms with Crippen LogP contribution in [0, 0.1) is 18.7 Å². The van der Waals surface area contributed by atoms with Gasteiger partial charge in [0.25, 0.3) is 5.92 Å². The van der Waals surface area contributed by atoms with Crippen LogP contribution in [0.2, 0.25) is 0 Å². The Morgan fingerprint density at radius 2 is 1.79 bits per heavy atom. The van der Waals surface area contributed by atoms with Crippen molar-refractivity contribution >= 4 is 21.4 Å². The number of rotatable bonds is 9. The molecule has 3 nitrogen and oxygen atoms in total. The van der Waals surface area contributed by atoms with Crippen molar-refractivity contribution < 1.29 is 27.0 Å². The first-order chi connectivity index (χ1) is 18.2. The lowest BCUT2D eigenvalue weighted by Crippen LogP contribution is -2.26. The number of likely N-dealkylation sites (tertiary alicyclic amines) is 1. The second-order valence-electron chi connectivity index (χ2n) is 9.87. The van der Waals surface area contributed by atoms with Crippen LogP contribution in [-0.2, 0) is 5.92 Å². The molecule has 5 rings (SSSR count). The highest BCUT2D eigenvalue weighted by Gasteiger charge is 2.31. The maximum atomic E-state index is 14.5. The lowest BCUT2D eigenvalue weighted by Gasteiger charge is -2.17. The number of halogens is 4. The third-order valence-corrected chi connectivity index (χ3v) is 7.97. The van der Waals surface area contributed by atoms with Crippen LogP contribution in [0.5, 0.6) is 17.2 Å². The van der Waals surface area contributed by atoms with Gasteiger partial charge < -0.3 is 9.47 Å². The summed E-state index contributed by atoms with van der Waals surface area (Å²) >= 11 is 1.34. The van der Waals surface area contributed by atoms with Crippen molar-refractivity contribution in [2.75, 3.05) is 32.9 Å². The van der Waals surface area contributed by atoms with E-state index in [0.717, 1.165) is 54.7 Å². The van der Waals surface area contributed by atoms with Gasteiger partial charge >= 0.3 is 0 Å². The summed E-state index contributed by atoms with van der Waals surface area (Å²) in [7, 11) is 0. The minimum absolute atomic E-state index is 0.128. The molecule has 0 radical (unpaired) electrons. The average Bonchev–Trinajstić information content (AvgIpc) is 3.49. The van der Waals surface area contributed by atoms with Crippen LogP contribution < -0.4 is 9.47 Å². The van der Waals surface area contributed by atoms with E-state index in [-0.39, 0.29) is 23.7 Å². The second kappa shape index (κ2) is 10.9. The normalized spacial score (nSPS) is 16.3. The van der Waals surface area contributed by atoms with Crippen molar-refractivity contribution in [1.29, 1.82) is 0 Å². The van der Waals surface area contributed by atoms with Gasteiger partial charge in [-0.05, 0) is 74.0 Å². The largest absolute Gasteiger partial charge is 0.492 e. The van der Waals surface area contributed by atoms with Gasteiger partial charge in [0.1, 0.15) is 23.9 Å². The minimum Gasteiger partial charge on any atom is -0.492 e. The zero-order valence-corrected chi connectivity index (χ0v) is 22.1. The minimum atomic E-state index is -3.23. The van der Waals surface area contributed by atoms with E-state index in [4.69, 9.17) is 9.47 Å². The van der Waals surface area contributed by atoms with Crippen LogP contribution in [-0.4, -0.2) is 37.8 Å². The lowest BCUT2D eigenvalue weighted by atomic mass is 10.00. The number of benzene rings is 3. The van der Waals surface area contributed by atoms with Gasteiger partial charge in [0, 0.05) is 47.1 Å². The van der Waals surface area contributed by atoms with Crippen molar-refractivity contribution in [2.24, 2.45) is 5.92 Å².